The highest BCUT2D eigenvalue weighted by Crippen LogP contribution is 2.07. The summed E-state index contributed by atoms with van der Waals surface area (Å²) in [6.45, 7) is 5.14. The maximum atomic E-state index is 11.6. The van der Waals surface area contributed by atoms with E-state index in [4.69, 9.17) is 0 Å². The molecule has 0 aromatic carbocycles. The molecule has 16 heavy (non-hydrogen) atoms. The van der Waals surface area contributed by atoms with Crippen LogP contribution in [0.1, 0.15) is 13.8 Å². The average Bonchev–Trinajstić information content (AvgIpc) is 2.09. The van der Waals surface area contributed by atoms with Gasteiger partial charge in [-0.1, -0.05) is 13.8 Å². The quantitative estimate of drug-likeness (QED) is 0.686. The summed E-state index contributed by atoms with van der Waals surface area (Å²) >= 11 is 0. The van der Waals surface area contributed by atoms with E-state index in [0.29, 0.717) is 13.1 Å². The second-order valence-electron chi connectivity index (χ2n) is 4.11. The molecule has 1 aliphatic rings. The number of hydrogen-bond acceptors (Lipinski definition) is 4. The van der Waals surface area contributed by atoms with Crippen molar-refractivity contribution in [2.24, 2.45) is 11.8 Å². The van der Waals surface area contributed by atoms with Gasteiger partial charge in [0.25, 0.3) is 0 Å². The highest BCUT2D eigenvalue weighted by Gasteiger charge is 2.30. The Morgan fingerprint density at radius 3 is 2.25 bits per heavy atom. The smallest absolute Gasteiger partial charge is 0.328 e. The Balaban J connectivity index is 0.00000225. The summed E-state index contributed by atoms with van der Waals surface area (Å²) in [7, 11) is 1.33. The predicted molar refractivity (Wildman–Crippen MR) is 62.4 cm³/mol. The maximum absolute atomic E-state index is 11.6. The van der Waals surface area contributed by atoms with Crippen LogP contribution in [-0.4, -0.2) is 38.1 Å². The van der Waals surface area contributed by atoms with Crippen LogP contribution in [0, 0.1) is 11.8 Å². The van der Waals surface area contributed by atoms with Gasteiger partial charge in [0.15, 0.2) is 0 Å². The number of ether oxygens (including phenoxy) is 1. The zero-order valence-electron chi connectivity index (χ0n) is 9.78. The lowest BCUT2D eigenvalue weighted by Gasteiger charge is -2.28. The number of nitrogens with one attached hydrogen (secondary N) is 2. The average molecular weight is 251 g/mol. The Kier molecular flexibility index (Phi) is 6.36. The van der Waals surface area contributed by atoms with Crippen LogP contribution in [0.4, 0.5) is 0 Å². The number of amides is 1. The Labute approximate surface area is 102 Å². The summed E-state index contributed by atoms with van der Waals surface area (Å²) < 4.78 is 4.64. The number of halogens is 1. The molecule has 1 aliphatic heterocycles. The number of rotatable bonds is 4. The molecule has 0 saturated carbocycles. The molecule has 0 radical (unpaired) electrons. The van der Waals surface area contributed by atoms with Crippen molar-refractivity contribution < 1.29 is 14.3 Å². The van der Waals surface area contributed by atoms with Crippen molar-refractivity contribution in [2.75, 3.05) is 20.2 Å². The molecule has 0 spiro atoms. The van der Waals surface area contributed by atoms with Crippen LogP contribution in [0.2, 0.25) is 0 Å². The highest BCUT2D eigenvalue weighted by molar-refractivity contribution is 5.86. The molecule has 1 atom stereocenters. The number of carbonyl (C=O) groups excluding carboxylic acids is 2. The summed E-state index contributed by atoms with van der Waals surface area (Å²) in [6, 6.07) is -0.539. The topological polar surface area (TPSA) is 67.4 Å². The predicted octanol–water partition coefficient (Wildman–Crippen LogP) is -0.0586. The molecule has 6 heteroatoms. The zero-order chi connectivity index (χ0) is 11.4. The fourth-order valence-electron chi connectivity index (χ4n) is 1.37. The molecular formula is C10H19ClN2O3. The van der Waals surface area contributed by atoms with Crippen LogP contribution < -0.4 is 10.6 Å². The van der Waals surface area contributed by atoms with Gasteiger partial charge >= 0.3 is 5.97 Å². The third kappa shape index (κ3) is 3.64. The lowest BCUT2D eigenvalue weighted by Crippen LogP contribution is -2.55. The van der Waals surface area contributed by atoms with E-state index in [1.165, 1.54) is 7.11 Å². The first-order valence-corrected chi connectivity index (χ1v) is 5.15. The van der Waals surface area contributed by atoms with Crippen LogP contribution in [0.15, 0.2) is 0 Å². The molecule has 0 unspecified atom stereocenters. The van der Waals surface area contributed by atoms with Gasteiger partial charge in [0.05, 0.1) is 13.0 Å². The second-order valence-corrected chi connectivity index (χ2v) is 4.11. The number of hydrogen-bond donors (Lipinski definition) is 2. The summed E-state index contributed by atoms with van der Waals surface area (Å²) in [6.07, 6.45) is 0. The standard InChI is InChI=1S/C10H18N2O3.ClH/c1-6(2)8(10(14)15-3)12-9(13)7-4-11-5-7;/h6-8,11H,4-5H2,1-3H3,(H,12,13);1H/t8-;/m0./s1. The van der Waals surface area contributed by atoms with E-state index < -0.39 is 6.04 Å². The Morgan fingerprint density at radius 1 is 1.38 bits per heavy atom. The van der Waals surface area contributed by atoms with Gasteiger partial charge in [-0.05, 0) is 5.92 Å². The first-order chi connectivity index (χ1) is 7.06. The van der Waals surface area contributed by atoms with E-state index in [1.807, 2.05) is 13.8 Å². The first kappa shape index (κ1) is 15.2. The molecular weight excluding hydrogens is 232 g/mol. The second kappa shape index (κ2) is 6.70. The molecule has 94 valence electrons. The fourth-order valence-corrected chi connectivity index (χ4v) is 1.37. The molecule has 1 fully saturated rings. The SMILES string of the molecule is COC(=O)[C@@H](NC(=O)C1CNC1)C(C)C.Cl. The number of carbonyl (C=O) groups is 2. The van der Waals surface area contributed by atoms with Gasteiger partial charge in [0.2, 0.25) is 5.91 Å². The van der Waals surface area contributed by atoms with Crippen molar-refractivity contribution in [3.63, 3.8) is 0 Å². The molecule has 0 bridgehead atoms. The number of esters is 1. The van der Waals surface area contributed by atoms with Crippen molar-refractivity contribution in [3.05, 3.63) is 0 Å². The van der Waals surface area contributed by atoms with Crippen molar-refractivity contribution in [1.29, 1.82) is 0 Å². The van der Waals surface area contributed by atoms with Crippen LogP contribution >= 0.6 is 12.4 Å². The highest BCUT2D eigenvalue weighted by atomic mass is 35.5. The minimum Gasteiger partial charge on any atom is -0.467 e. The summed E-state index contributed by atoms with van der Waals surface area (Å²) in [5.41, 5.74) is 0. The van der Waals surface area contributed by atoms with Gasteiger partial charge in [-0.3, -0.25) is 4.79 Å². The van der Waals surface area contributed by atoms with E-state index in [0.717, 1.165) is 0 Å². The normalized spacial score (nSPS) is 17.0. The zero-order valence-corrected chi connectivity index (χ0v) is 10.6. The molecule has 0 aromatic heterocycles. The van der Waals surface area contributed by atoms with Gasteiger partial charge in [-0.25, -0.2) is 4.79 Å². The van der Waals surface area contributed by atoms with Crippen LogP contribution in [-0.2, 0) is 14.3 Å². The molecule has 0 aliphatic carbocycles. The molecule has 1 heterocycles. The molecule has 0 aromatic rings. The summed E-state index contributed by atoms with van der Waals surface area (Å²) in [5, 5.41) is 5.73. The third-order valence-corrected chi connectivity index (χ3v) is 2.57. The fraction of sp³-hybridized carbons (Fsp3) is 0.800. The summed E-state index contributed by atoms with van der Waals surface area (Å²) in [4.78, 5) is 23.0. The maximum Gasteiger partial charge on any atom is 0.328 e. The molecule has 5 nitrogen and oxygen atoms in total. The van der Waals surface area contributed by atoms with E-state index in [1.54, 1.807) is 0 Å². The monoisotopic (exact) mass is 250 g/mol. The van der Waals surface area contributed by atoms with Crippen LogP contribution in [0.3, 0.4) is 0 Å². The Bertz CT molecular complexity index is 254. The van der Waals surface area contributed by atoms with Crippen molar-refractivity contribution in [2.45, 2.75) is 19.9 Å². The lowest BCUT2D eigenvalue weighted by molar-refractivity contribution is -0.147. The van der Waals surface area contributed by atoms with E-state index in [-0.39, 0.29) is 36.1 Å². The molecule has 1 rings (SSSR count). The molecule has 1 amide bonds. The van der Waals surface area contributed by atoms with Crippen molar-refractivity contribution in [3.8, 4) is 0 Å². The molecule has 1 saturated heterocycles. The Hall–Kier alpha value is -0.810. The van der Waals surface area contributed by atoms with Gasteiger partial charge in [0.1, 0.15) is 6.04 Å². The first-order valence-electron chi connectivity index (χ1n) is 5.15. The van der Waals surface area contributed by atoms with Gasteiger partial charge < -0.3 is 15.4 Å². The third-order valence-electron chi connectivity index (χ3n) is 2.57. The van der Waals surface area contributed by atoms with E-state index in [9.17, 15) is 9.59 Å². The van der Waals surface area contributed by atoms with Crippen molar-refractivity contribution in [1.82, 2.24) is 10.6 Å². The van der Waals surface area contributed by atoms with Crippen LogP contribution in [0.5, 0.6) is 0 Å². The van der Waals surface area contributed by atoms with E-state index in [2.05, 4.69) is 15.4 Å². The minimum absolute atomic E-state index is 0. The lowest BCUT2D eigenvalue weighted by atomic mass is 9.99. The number of methoxy groups -OCH3 is 1. The molecule has 2 N–H and O–H groups in total. The summed E-state index contributed by atoms with van der Waals surface area (Å²) in [5.74, 6) is -0.422. The van der Waals surface area contributed by atoms with Gasteiger partial charge in [-0.2, -0.15) is 0 Å². The van der Waals surface area contributed by atoms with Crippen LogP contribution in [0.25, 0.3) is 0 Å². The van der Waals surface area contributed by atoms with Gasteiger partial charge in [-0.15, -0.1) is 12.4 Å². The van der Waals surface area contributed by atoms with Crippen molar-refractivity contribution >= 4 is 24.3 Å². The van der Waals surface area contributed by atoms with Gasteiger partial charge in [0, 0.05) is 13.1 Å². The van der Waals surface area contributed by atoms with E-state index >= 15 is 0 Å². The Morgan fingerprint density at radius 2 is 1.94 bits per heavy atom. The minimum atomic E-state index is -0.539. The largest absolute Gasteiger partial charge is 0.467 e.